The van der Waals surface area contributed by atoms with E-state index < -0.39 is 36.9 Å². The Morgan fingerprint density at radius 1 is 1.10 bits per heavy atom. The van der Waals surface area contributed by atoms with E-state index in [1.165, 1.54) is 13.0 Å². The number of anilines is 1. The molecule has 0 aromatic heterocycles. The van der Waals surface area contributed by atoms with Crippen LogP contribution in [-0.4, -0.2) is 57.2 Å². The second-order valence-electron chi connectivity index (χ2n) is 8.11. The average molecular weight is 556 g/mol. The SMILES string of the molecule is CC(=O)c1cccc(NC(=O)COC(=O)CN2C(=O)[C@@H]3[C@H]4C[C@@H]([C@@H](Br)[C@H]4Br)[C@H]3C2=O)c1. The van der Waals surface area contributed by atoms with E-state index >= 15 is 0 Å². The molecule has 3 aliphatic rings. The quantitative estimate of drug-likeness (QED) is 0.249. The van der Waals surface area contributed by atoms with Gasteiger partial charge in [-0.25, -0.2) is 0 Å². The number of imide groups is 1. The van der Waals surface area contributed by atoms with Crippen molar-refractivity contribution in [2.45, 2.75) is 23.0 Å². The van der Waals surface area contributed by atoms with Crippen LogP contribution in [0.1, 0.15) is 23.7 Å². The van der Waals surface area contributed by atoms with Crippen molar-refractivity contribution in [1.82, 2.24) is 4.90 Å². The Kier molecular flexibility index (Phi) is 6.04. The highest BCUT2D eigenvalue weighted by molar-refractivity contribution is 9.12. The number of nitrogens with one attached hydrogen (secondary N) is 1. The molecule has 1 heterocycles. The highest BCUT2D eigenvalue weighted by Gasteiger charge is 2.66. The first-order valence-corrected chi connectivity index (χ1v) is 11.7. The molecule has 2 aliphatic carbocycles. The Bertz CT molecular complexity index is 950. The van der Waals surface area contributed by atoms with Crippen molar-refractivity contribution in [1.29, 1.82) is 0 Å². The monoisotopic (exact) mass is 554 g/mol. The number of rotatable bonds is 6. The molecular formula is C21H20Br2N2O6. The number of benzene rings is 1. The third-order valence-corrected chi connectivity index (χ3v) is 9.49. The van der Waals surface area contributed by atoms with E-state index in [0.717, 1.165) is 11.3 Å². The Hall–Kier alpha value is -2.07. The summed E-state index contributed by atoms with van der Waals surface area (Å²) >= 11 is 7.22. The number of hydrogen-bond acceptors (Lipinski definition) is 6. The molecule has 2 bridgehead atoms. The van der Waals surface area contributed by atoms with Gasteiger partial charge in [0.25, 0.3) is 5.91 Å². The third kappa shape index (κ3) is 3.95. The average Bonchev–Trinajstić information content (AvgIpc) is 3.33. The van der Waals surface area contributed by atoms with E-state index in [-0.39, 0.29) is 39.1 Å². The lowest BCUT2D eigenvalue weighted by Gasteiger charge is -2.28. The van der Waals surface area contributed by atoms with Gasteiger partial charge in [0, 0.05) is 20.9 Å². The summed E-state index contributed by atoms with van der Waals surface area (Å²) in [5.41, 5.74) is 0.840. The lowest BCUT2D eigenvalue weighted by atomic mass is 9.81. The van der Waals surface area contributed by atoms with Gasteiger partial charge in [0.1, 0.15) is 6.54 Å². The van der Waals surface area contributed by atoms with Crippen molar-refractivity contribution in [2.24, 2.45) is 23.7 Å². The molecule has 4 rings (SSSR count). The van der Waals surface area contributed by atoms with Crippen LogP contribution in [0.3, 0.4) is 0 Å². The Morgan fingerprint density at radius 2 is 1.71 bits per heavy atom. The number of fused-ring (bicyclic) bond motifs is 5. The van der Waals surface area contributed by atoms with Gasteiger partial charge in [0.05, 0.1) is 11.8 Å². The maximum atomic E-state index is 12.8. The number of ketones is 1. The zero-order chi connectivity index (χ0) is 22.4. The third-order valence-electron chi connectivity index (χ3n) is 6.28. The molecule has 2 saturated carbocycles. The van der Waals surface area contributed by atoms with E-state index in [1.807, 2.05) is 0 Å². The van der Waals surface area contributed by atoms with E-state index in [1.54, 1.807) is 18.2 Å². The summed E-state index contributed by atoms with van der Waals surface area (Å²) in [7, 11) is 0. The fraction of sp³-hybridized carbons (Fsp3) is 0.476. The molecule has 1 aromatic carbocycles. The maximum Gasteiger partial charge on any atom is 0.326 e. The number of carbonyl (C=O) groups excluding carboxylic acids is 5. The number of esters is 1. The van der Waals surface area contributed by atoms with Gasteiger partial charge in [-0.1, -0.05) is 44.0 Å². The van der Waals surface area contributed by atoms with Gasteiger partial charge < -0.3 is 10.1 Å². The van der Waals surface area contributed by atoms with Crippen molar-refractivity contribution in [3.63, 3.8) is 0 Å². The van der Waals surface area contributed by atoms with Gasteiger partial charge in [0.2, 0.25) is 11.8 Å². The molecule has 0 spiro atoms. The fourth-order valence-electron chi connectivity index (χ4n) is 4.90. The molecule has 6 atom stereocenters. The summed E-state index contributed by atoms with van der Waals surface area (Å²) in [4.78, 5) is 62.5. The van der Waals surface area contributed by atoms with Crippen molar-refractivity contribution in [3.8, 4) is 0 Å². The summed E-state index contributed by atoms with van der Waals surface area (Å²) in [5.74, 6) is -2.91. The number of nitrogens with zero attached hydrogens (tertiary/aromatic N) is 1. The van der Waals surface area contributed by atoms with Gasteiger partial charge in [0.15, 0.2) is 12.4 Å². The Morgan fingerprint density at radius 3 is 2.29 bits per heavy atom. The van der Waals surface area contributed by atoms with Crippen molar-refractivity contribution < 1.29 is 28.7 Å². The highest BCUT2D eigenvalue weighted by Crippen LogP contribution is 2.60. The molecule has 1 aromatic rings. The second-order valence-corrected chi connectivity index (χ2v) is 10.2. The van der Waals surface area contributed by atoms with Crippen LogP contribution in [0.5, 0.6) is 0 Å². The van der Waals surface area contributed by atoms with Crippen LogP contribution in [-0.2, 0) is 23.9 Å². The van der Waals surface area contributed by atoms with Crippen LogP contribution in [0, 0.1) is 23.7 Å². The molecule has 8 nitrogen and oxygen atoms in total. The largest absolute Gasteiger partial charge is 0.454 e. The first-order chi connectivity index (χ1) is 14.7. The topological polar surface area (TPSA) is 110 Å². The smallest absolute Gasteiger partial charge is 0.326 e. The molecule has 0 radical (unpaired) electrons. The summed E-state index contributed by atoms with van der Waals surface area (Å²) < 4.78 is 4.96. The molecule has 3 amide bonds. The van der Waals surface area contributed by atoms with E-state index in [4.69, 9.17) is 4.74 Å². The first-order valence-electron chi connectivity index (χ1n) is 9.89. The van der Waals surface area contributed by atoms with Crippen LogP contribution in [0.15, 0.2) is 24.3 Å². The normalized spacial score (nSPS) is 31.0. The zero-order valence-corrected chi connectivity index (χ0v) is 19.7. The number of halogens is 2. The fourth-order valence-corrected chi connectivity index (χ4v) is 6.77. The number of likely N-dealkylation sites (tertiary alicyclic amines) is 1. The minimum absolute atomic E-state index is 0.0633. The number of alkyl halides is 2. The van der Waals surface area contributed by atoms with Crippen LogP contribution in [0.25, 0.3) is 0 Å². The van der Waals surface area contributed by atoms with E-state index in [9.17, 15) is 24.0 Å². The predicted octanol–water partition coefficient (Wildman–Crippen LogP) is 2.15. The number of amides is 3. The second kappa shape index (κ2) is 8.46. The maximum absolute atomic E-state index is 12.8. The number of ether oxygens (including phenoxy) is 1. The van der Waals surface area contributed by atoms with Crippen molar-refractivity contribution >= 4 is 67.0 Å². The lowest BCUT2D eigenvalue weighted by Crippen LogP contribution is -2.38. The molecular weight excluding hydrogens is 536 g/mol. The number of Topliss-reactive ketones (excluding diaryl/α,β-unsaturated/α-hetero) is 1. The molecule has 3 fully saturated rings. The molecule has 10 heteroatoms. The lowest BCUT2D eigenvalue weighted by molar-refractivity contribution is -0.154. The molecule has 1 aliphatic heterocycles. The van der Waals surface area contributed by atoms with Crippen LogP contribution in [0.2, 0.25) is 0 Å². The van der Waals surface area contributed by atoms with E-state index in [0.29, 0.717) is 11.3 Å². The standard InChI is InChI=1S/C21H20Br2N2O6/c1-9(26)10-3-2-4-11(5-10)24-14(27)8-31-15(28)7-25-20(29)16-12-6-13(17(16)21(25)30)19(23)18(12)22/h2-5,12-13,16-19H,6-8H2,1H3,(H,24,27)/t12-,13-,16-,17-,18-,19+/m1/s1. The summed E-state index contributed by atoms with van der Waals surface area (Å²) in [6.45, 7) is 0.348. The Balaban J connectivity index is 1.31. The van der Waals surface area contributed by atoms with Crippen molar-refractivity contribution in [3.05, 3.63) is 29.8 Å². The highest BCUT2D eigenvalue weighted by atomic mass is 79.9. The molecule has 0 unspecified atom stereocenters. The summed E-state index contributed by atoms with van der Waals surface area (Å²) in [6, 6.07) is 6.38. The van der Waals surface area contributed by atoms with Crippen molar-refractivity contribution in [2.75, 3.05) is 18.5 Å². The zero-order valence-electron chi connectivity index (χ0n) is 16.5. The van der Waals surface area contributed by atoms with Crippen LogP contribution in [0.4, 0.5) is 5.69 Å². The van der Waals surface area contributed by atoms with Crippen LogP contribution >= 0.6 is 31.9 Å². The minimum Gasteiger partial charge on any atom is -0.454 e. The number of carbonyl (C=O) groups is 5. The number of hydrogen-bond donors (Lipinski definition) is 1. The van der Waals surface area contributed by atoms with Gasteiger partial charge >= 0.3 is 5.97 Å². The van der Waals surface area contributed by atoms with Gasteiger partial charge in [-0.2, -0.15) is 0 Å². The first kappa shape index (κ1) is 22.1. The van der Waals surface area contributed by atoms with Gasteiger partial charge in [-0.15, -0.1) is 0 Å². The van der Waals surface area contributed by atoms with Gasteiger partial charge in [-0.05, 0) is 37.3 Å². The molecule has 1 N–H and O–H groups in total. The molecule has 31 heavy (non-hydrogen) atoms. The van der Waals surface area contributed by atoms with Crippen LogP contribution < -0.4 is 5.32 Å². The molecule has 1 saturated heterocycles. The minimum atomic E-state index is -0.826. The summed E-state index contributed by atoms with van der Waals surface area (Å²) in [5, 5.41) is 2.54. The van der Waals surface area contributed by atoms with Gasteiger partial charge in [-0.3, -0.25) is 28.9 Å². The Labute approximate surface area is 195 Å². The summed E-state index contributed by atoms with van der Waals surface area (Å²) in [6.07, 6.45) is 0.807. The predicted molar refractivity (Wildman–Crippen MR) is 117 cm³/mol. The molecule has 164 valence electrons. The van der Waals surface area contributed by atoms with E-state index in [2.05, 4.69) is 37.2 Å².